The maximum absolute atomic E-state index is 13.0. The van der Waals surface area contributed by atoms with Crippen molar-refractivity contribution in [2.45, 2.75) is 19.9 Å². The molecule has 0 spiro atoms. The topological polar surface area (TPSA) is 29.9 Å². The second kappa shape index (κ2) is 5.93. The molecule has 1 heterocycles. The molecule has 0 bridgehead atoms. The van der Waals surface area contributed by atoms with Gasteiger partial charge in [-0.25, -0.2) is 8.78 Å². The number of hydrogen-bond acceptors (Lipinski definition) is 2. The summed E-state index contributed by atoms with van der Waals surface area (Å²) >= 11 is 0. The predicted molar refractivity (Wildman–Crippen MR) is 69.7 cm³/mol. The maximum Gasteiger partial charge on any atom is 0.126 e. The molecule has 0 aliphatic rings. The molecule has 0 aliphatic carbocycles. The van der Waals surface area contributed by atoms with Crippen LogP contribution in [0.2, 0.25) is 0 Å². The van der Waals surface area contributed by atoms with Gasteiger partial charge in [0.1, 0.15) is 11.6 Å². The van der Waals surface area contributed by atoms with Crippen LogP contribution >= 0.6 is 0 Å². The fraction of sp³-hybridized carbons (Fsp3) is 0.357. The van der Waals surface area contributed by atoms with Crippen LogP contribution in [0.15, 0.2) is 24.4 Å². The van der Waals surface area contributed by atoms with Crippen LogP contribution in [0.1, 0.15) is 16.8 Å². The molecule has 2 aromatic rings. The molecule has 0 radical (unpaired) electrons. The summed E-state index contributed by atoms with van der Waals surface area (Å²) in [6.45, 7) is 3.33. The van der Waals surface area contributed by atoms with E-state index in [0.717, 1.165) is 17.3 Å². The average Bonchev–Trinajstić information content (AvgIpc) is 2.62. The first-order valence-electron chi connectivity index (χ1n) is 6.19. The van der Waals surface area contributed by atoms with Crippen molar-refractivity contribution in [1.29, 1.82) is 0 Å². The highest BCUT2D eigenvalue weighted by atomic mass is 19.1. The third-order valence-electron chi connectivity index (χ3n) is 2.94. The molecule has 1 N–H and O–H groups in total. The summed E-state index contributed by atoms with van der Waals surface area (Å²) in [6.07, 6.45) is 2.55. The zero-order valence-corrected chi connectivity index (χ0v) is 11.1. The van der Waals surface area contributed by atoms with Gasteiger partial charge in [0.2, 0.25) is 0 Å². The summed E-state index contributed by atoms with van der Waals surface area (Å²) in [6, 6.07) is 3.61. The van der Waals surface area contributed by atoms with E-state index in [9.17, 15) is 8.78 Å². The van der Waals surface area contributed by atoms with E-state index < -0.39 is 11.6 Å². The molecule has 0 saturated carbocycles. The molecule has 5 heteroatoms. The van der Waals surface area contributed by atoms with Gasteiger partial charge >= 0.3 is 0 Å². The van der Waals surface area contributed by atoms with Crippen LogP contribution in [-0.2, 0) is 20.0 Å². The van der Waals surface area contributed by atoms with Crippen molar-refractivity contribution in [2.24, 2.45) is 7.05 Å². The second-order valence-corrected chi connectivity index (χ2v) is 4.62. The maximum atomic E-state index is 13.0. The molecule has 0 atom stereocenters. The van der Waals surface area contributed by atoms with Crippen LogP contribution in [0.5, 0.6) is 0 Å². The van der Waals surface area contributed by atoms with Gasteiger partial charge in [-0.1, -0.05) is 0 Å². The number of aromatic nitrogens is 2. The molecular formula is C14H17F2N3. The molecule has 1 aromatic carbocycles. The minimum absolute atomic E-state index is 0.530. The van der Waals surface area contributed by atoms with Gasteiger partial charge in [0, 0.05) is 31.4 Å². The zero-order chi connectivity index (χ0) is 13.8. The quantitative estimate of drug-likeness (QED) is 0.841. The van der Waals surface area contributed by atoms with Crippen molar-refractivity contribution in [1.82, 2.24) is 15.1 Å². The first kappa shape index (κ1) is 13.7. The van der Waals surface area contributed by atoms with Crippen molar-refractivity contribution >= 4 is 0 Å². The molecule has 0 unspecified atom stereocenters. The van der Waals surface area contributed by atoms with E-state index in [-0.39, 0.29) is 0 Å². The molecule has 2 rings (SSSR count). The summed E-state index contributed by atoms with van der Waals surface area (Å²) in [4.78, 5) is 0. The number of benzene rings is 1. The van der Waals surface area contributed by atoms with Crippen LogP contribution in [-0.4, -0.2) is 16.3 Å². The van der Waals surface area contributed by atoms with E-state index in [2.05, 4.69) is 10.4 Å². The third-order valence-corrected chi connectivity index (χ3v) is 2.94. The SMILES string of the molecule is Cc1nn(C)cc1CNCCc1cc(F)cc(F)c1. The summed E-state index contributed by atoms with van der Waals surface area (Å²) in [5, 5.41) is 7.49. The summed E-state index contributed by atoms with van der Waals surface area (Å²) in [5.41, 5.74) is 2.78. The number of hydrogen-bond donors (Lipinski definition) is 1. The number of halogens is 2. The number of nitrogens with one attached hydrogen (secondary N) is 1. The van der Waals surface area contributed by atoms with E-state index >= 15 is 0 Å². The Kier molecular flexibility index (Phi) is 4.27. The normalized spacial score (nSPS) is 10.9. The summed E-state index contributed by atoms with van der Waals surface area (Å²) in [5.74, 6) is -1.06. The monoisotopic (exact) mass is 265 g/mol. The molecular weight excluding hydrogens is 248 g/mol. The van der Waals surface area contributed by atoms with Gasteiger partial charge in [0.15, 0.2) is 0 Å². The molecule has 0 amide bonds. The molecule has 0 saturated heterocycles. The Bertz CT molecular complexity index is 544. The first-order valence-corrected chi connectivity index (χ1v) is 6.19. The Hall–Kier alpha value is -1.75. The van der Waals surface area contributed by atoms with Crippen molar-refractivity contribution in [2.75, 3.05) is 6.54 Å². The van der Waals surface area contributed by atoms with Crippen LogP contribution in [0, 0.1) is 18.6 Å². The third kappa shape index (κ3) is 3.86. The van der Waals surface area contributed by atoms with Gasteiger partial charge in [-0.2, -0.15) is 5.10 Å². The van der Waals surface area contributed by atoms with Gasteiger partial charge in [-0.15, -0.1) is 0 Å². The molecule has 0 aliphatic heterocycles. The minimum atomic E-state index is -0.530. The number of aryl methyl sites for hydroxylation is 2. The van der Waals surface area contributed by atoms with Crippen LogP contribution in [0.3, 0.4) is 0 Å². The van der Waals surface area contributed by atoms with Gasteiger partial charge in [0.25, 0.3) is 0 Å². The standard InChI is InChI=1S/C14H17F2N3/c1-10-12(9-19(2)18-10)8-17-4-3-11-5-13(15)7-14(16)6-11/h5-7,9,17H,3-4,8H2,1-2H3. The molecule has 1 aromatic heterocycles. The summed E-state index contributed by atoms with van der Waals surface area (Å²) < 4.78 is 27.7. The minimum Gasteiger partial charge on any atom is -0.312 e. The van der Waals surface area contributed by atoms with E-state index in [1.54, 1.807) is 4.68 Å². The molecule has 0 fully saturated rings. The highest BCUT2D eigenvalue weighted by Gasteiger charge is 2.03. The van der Waals surface area contributed by atoms with Crippen molar-refractivity contribution < 1.29 is 8.78 Å². The fourth-order valence-corrected chi connectivity index (χ4v) is 2.03. The highest BCUT2D eigenvalue weighted by molar-refractivity contribution is 5.18. The van der Waals surface area contributed by atoms with Gasteiger partial charge in [-0.05, 0) is 37.6 Å². The lowest BCUT2D eigenvalue weighted by molar-refractivity contribution is 0.577. The lowest BCUT2D eigenvalue weighted by Crippen LogP contribution is -2.17. The number of rotatable bonds is 5. The van der Waals surface area contributed by atoms with Crippen molar-refractivity contribution in [3.8, 4) is 0 Å². The predicted octanol–water partition coefficient (Wildman–Crippen LogP) is 2.34. The van der Waals surface area contributed by atoms with E-state index in [1.165, 1.54) is 12.1 Å². The lowest BCUT2D eigenvalue weighted by Gasteiger charge is -2.05. The van der Waals surface area contributed by atoms with E-state index in [4.69, 9.17) is 0 Å². The zero-order valence-electron chi connectivity index (χ0n) is 11.1. The number of nitrogens with zero attached hydrogens (tertiary/aromatic N) is 2. The molecule has 102 valence electrons. The smallest absolute Gasteiger partial charge is 0.126 e. The Balaban J connectivity index is 1.82. The Morgan fingerprint density at radius 1 is 1.21 bits per heavy atom. The van der Waals surface area contributed by atoms with E-state index in [1.807, 2.05) is 20.2 Å². The van der Waals surface area contributed by atoms with Crippen LogP contribution in [0.4, 0.5) is 8.78 Å². The largest absolute Gasteiger partial charge is 0.312 e. The van der Waals surface area contributed by atoms with Gasteiger partial charge in [0.05, 0.1) is 5.69 Å². The van der Waals surface area contributed by atoms with Gasteiger partial charge < -0.3 is 5.32 Å². The Morgan fingerprint density at radius 3 is 2.47 bits per heavy atom. The Morgan fingerprint density at radius 2 is 1.89 bits per heavy atom. The van der Waals surface area contributed by atoms with E-state index in [0.29, 0.717) is 25.1 Å². The Labute approximate surface area is 111 Å². The van der Waals surface area contributed by atoms with Crippen LogP contribution < -0.4 is 5.32 Å². The van der Waals surface area contributed by atoms with Crippen LogP contribution in [0.25, 0.3) is 0 Å². The fourth-order valence-electron chi connectivity index (χ4n) is 2.03. The summed E-state index contributed by atoms with van der Waals surface area (Å²) in [7, 11) is 1.88. The lowest BCUT2D eigenvalue weighted by atomic mass is 10.1. The first-order chi connectivity index (χ1) is 9.04. The van der Waals surface area contributed by atoms with Crippen molar-refractivity contribution in [3.63, 3.8) is 0 Å². The second-order valence-electron chi connectivity index (χ2n) is 4.62. The van der Waals surface area contributed by atoms with Gasteiger partial charge in [-0.3, -0.25) is 4.68 Å². The average molecular weight is 265 g/mol. The highest BCUT2D eigenvalue weighted by Crippen LogP contribution is 2.08. The molecule has 19 heavy (non-hydrogen) atoms. The molecule has 3 nitrogen and oxygen atoms in total. The van der Waals surface area contributed by atoms with Crippen molar-refractivity contribution in [3.05, 3.63) is 52.9 Å².